The highest BCUT2D eigenvalue weighted by Gasteiger charge is 2.35. The molecule has 0 saturated carbocycles. The minimum atomic E-state index is -0.435. The van der Waals surface area contributed by atoms with Gasteiger partial charge in [0.2, 0.25) is 5.17 Å². The lowest BCUT2D eigenvalue weighted by Gasteiger charge is -2.20. The van der Waals surface area contributed by atoms with E-state index in [0.29, 0.717) is 5.17 Å². The molecule has 134 valence electrons. The summed E-state index contributed by atoms with van der Waals surface area (Å²) in [5.74, 6) is 0.316. The summed E-state index contributed by atoms with van der Waals surface area (Å²) in [5.41, 5.74) is 3.09. The van der Waals surface area contributed by atoms with Crippen LogP contribution in [0, 0.1) is 12.3 Å². The summed E-state index contributed by atoms with van der Waals surface area (Å²) < 4.78 is 5.14. The van der Waals surface area contributed by atoms with Crippen LogP contribution in [-0.2, 0) is 4.79 Å². The lowest BCUT2D eigenvalue weighted by atomic mass is 10.1. The van der Waals surface area contributed by atoms with Gasteiger partial charge in [0.15, 0.2) is 5.84 Å². The van der Waals surface area contributed by atoms with Crippen molar-refractivity contribution in [3.8, 4) is 5.75 Å². The summed E-state index contributed by atoms with van der Waals surface area (Å²) >= 11 is 1.29. The van der Waals surface area contributed by atoms with Crippen LogP contribution in [0.15, 0.2) is 64.2 Å². The van der Waals surface area contributed by atoms with Crippen LogP contribution in [0.1, 0.15) is 16.7 Å². The van der Waals surface area contributed by atoms with Gasteiger partial charge in [-0.2, -0.15) is 15.1 Å². The molecule has 0 saturated heterocycles. The van der Waals surface area contributed by atoms with E-state index in [0.717, 1.165) is 27.5 Å². The summed E-state index contributed by atoms with van der Waals surface area (Å²) in [7, 11) is 1.60. The average molecular weight is 376 g/mol. The Morgan fingerprint density at radius 1 is 1.11 bits per heavy atom. The second-order valence-electron chi connectivity index (χ2n) is 6.06. The standard InChI is InChI=1S/C20H16N4O2S/c1-12-3-7-14(8-4-12)19-23-24-17(21)16(18(25)22-20(24)27-19)11-13-5-9-15(26-2)10-6-13/h3-11,21H,1-2H3. The molecule has 1 amide bonds. The van der Waals surface area contributed by atoms with Crippen LogP contribution in [0.4, 0.5) is 0 Å². The monoisotopic (exact) mass is 376 g/mol. The minimum Gasteiger partial charge on any atom is -0.497 e. The first-order valence-corrected chi connectivity index (χ1v) is 9.08. The molecule has 0 unspecified atom stereocenters. The number of aliphatic imine (C=N–C) groups is 1. The van der Waals surface area contributed by atoms with Crippen LogP contribution in [0.25, 0.3) is 6.08 Å². The molecular weight excluding hydrogens is 360 g/mol. The first-order chi connectivity index (χ1) is 13.0. The molecule has 0 aromatic heterocycles. The Hall–Kier alpha value is -3.19. The highest BCUT2D eigenvalue weighted by molar-refractivity contribution is 8.27. The summed E-state index contributed by atoms with van der Waals surface area (Å²) in [6.45, 7) is 2.02. The van der Waals surface area contributed by atoms with E-state index in [-0.39, 0.29) is 11.4 Å². The van der Waals surface area contributed by atoms with Crippen molar-refractivity contribution in [3.63, 3.8) is 0 Å². The lowest BCUT2D eigenvalue weighted by Crippen LogP contribution is -2.35. The Morgan fingerprint density at radius 3 is 2.48 bits per heavy atom. The molecule has 4 rings (SSSR count). The number of ether oxygens (including phenoxy) is 1. The van der Waals surface area contributed by atoms with Gasteiger partial charge in [0.25, 0.3) is 5.91 Å². The second-order valence-corrected chi connectivity index (χ2v) is 7.02. The SMILES string of the molecule is COc1ccc(C=C2C(=N)N3N=C(c4ccc(C)cc4)SC3=NC2=O)cc1. The third-order valence-corrected chi connectivity index (χ3v) is 5.14. The Kier molecular flexibility index (Phi) is 4.37. The molecule has 2 heterocycles. The Morgan fingerprint density at radius 2 is 1.81 bits per heavy atom. The van der Waals surface area contributed by atoms with Crippen LogP contribution in [-0.4, -0.2) is 34.1 Å². The second kappa shape index (κ2) is 6.85. The quantitative estimate of drug-likeness (QED) is 0.829. The molecule has 2 aliphatic rings. The number of methoxy groups -OCH3 is 1. The maximum absolute atomic E-state index is 12.5. The van der Waals surface area contributed by atoms with Gasteiger partial charge in [-0.1, -0.05) is 42.0 Å². The summed E-state index contributed by atoms with van der Waals surface area (Å²) in [6.07, 6.45) is 1.65. The van der Waals surface area contributed by atoms with E-state index in [4.69, 9.17) is 10.1 Å². The Labute approximate surface area is 160 Å². The topological polar surface area (TPSA) is 78.1 Å². The van der Waals surface area contributed by atoms with Gasteiger partial charge < -0.3 is 4.74 Å². The number of nitrogens with one attached hydrogen (secondary N) is 1. The summed E-state index contributed by atoms with van der Waals surface area (Å²) in [4.78, 5) is 16.6. The molecule has 0 fully saturated rings. The zero-order valence-corrected chi connectivity index (χ0v) is 15.6. The molecule has 0 spiro atoms. The molecule has 2 aromatic carbocycles. The summed E-state index contributed by atoms with van der Waals surface area (Å²) in [5, 5.41) is 15.5. The van der Waals surface area contributed by atoms with E-state index in [9.17, 15) is 4.79 Å². The number of carbonyl (C=O) groups excluding carboxylic acids is 1. The Balaban J connectivity index is 1.65. The van der Waals surface area contributed by atoms with Gasteiger partial charge in [0, 0.05) is 5.56 Å². The van der Waals surface area contributed by atoms with Crippen molar-refractivity contribution >= 4 is 39.8 Å². The number of benzene rings is 2. The number of amidine groups is 2. The van der Waals surface area contributed by atoms with Crippen molar-refractivity contribution < 1.29 is 9.53 Å². The molecule has 0 bridgehead atoms. The first kappa shape index (κ1) is 17.2. The van der Waals surface area contributed by atoms with Crippen molar-refractivity contribution in [1.82, 2.24) is 5.01 Å². The zero-order chi connectivity index (χ0) is 19.0. The van der Waals surface area contributed by atoms with Crippen LogP contribution in [0.3, 0.4) is 0 Å². The van der Waals surface area contributed by atoms with E-state index in [1.807, 2.05) is 43.3 Å². The predicted octanol–water partition coefficient (Wildman–Crippen LogP) is 3.67. The number of aryl methyl sites for hydroxylation is 1. The number of fused-ring (bicyclic) bond motifs is 1. The number of thioether (sulfide) groups is 1. The number of amides is 1. The average Bonchev–Trinajstić information content (AvgIpc) is 3.10. The molecule has 0 radical (unpaired) electrons. The van der Waals surface area contributed by atoms with Crippen LogP contribution in [0.5, 0.6) is 5.75 Å². The third kappa shape index (κ3) is 3.29. The smallest absolute Gasteiger partial charge is 0.283 e. The van der Waals surface area contributed by atoms with Crippen LogP contribution in [0.2, 0.25) is 0 Å². The molecule has 7 heteroatoms. The van der Waals surface area contributed by atoms with Crippen LogP contribution < -0.4 is 4.74 Å². The molecular formula is C20H16N4O2S. The molecule has 6 nitrogen and oxygen atoms in total. The van der Waals surface area contributed by atoms with Gasteiger partial charge in [-0.15, -0.1) is 0 Å². The molecule has 2 aliphatic heterocycles. The predicted molar refractivity (Wildman–Crippen MR) is 108 cm³/mol. The third-order valence-electron chi connectivity index (χ3n) is 4.18. The highest BCUT2D eigenvalue weighted by atomic mass is 32.2. The molecule has 27 heavy (non-hydrogen) atoms. The fourth-order valence-corrected chi connectivity index (χ4v) is 3.57. The van der Waals surface area contributed by atoms with E-state index >= 15 is 0 Å². The number of rotatable bonds is 3. The van der Waals surface area contributed by atoms with Crippen LogP contribution >= 0.6 is 11.8 Å². The fourth-order valence-electron chi connectivity index (χ4n) is 2.67. The number of hydrogen-bond acceptors (Lipinski definition) is 5. The minimum absolute atomic E-state index is 0.0235. The maximum atomic E-state index is 12.5. The van der Waals surface area contributed by atoms with E-state index in [1.165, 1.54) is 16.8 Å². The number of nitrogens with zero attached hydrogens (tertiary/aromatic N) is 3. The van der Waals surface area contributed by atoms with E-state index < -0.39 is 5.91 Å². The molecule has 0 atom stereocenters. The van der Waals surface area contributed by atoms with Gasteiger partial charge in [-0.25, -0.2) is 0 Å². The van der Waals surface area contributed by atoms with Crippen molar-refractivity contribution in [2.24, 2.45) is 10.1 Å². The molecule has 1 N–H and O–H groups in total. The fraction of sp³-hybridized carbons (Fsp3) is 0.100. The number of hydrazone groups is 1. The maximum Gasteiger partial charge on any atom is 0.283 e. The van der Waals surface area contributed by atoms with Crippen molar-refractivity contribution in [1.29, 1.82) is 5.41 Å². The van der Waals surface area contributed by atoms with Crippen molar-refractivity contribution in [3.05, 3.63) is 70.8 Å². The zero-order valence-electron chi connectivity index (χ0n) is 14.8. The van der Waals surface area contributed by atoms with E-state index in [2.05, 4.69) is 10.1 Å². The van der Waals surface area contributed by atoms with Gasteiger partial charge in [-0.05, 0) is 42.5 Å². The normalized spacial score (nSPS) is 17.7. The number of carbonyl (C=O) groups is 1. The van der Waals surface area contributed by atoms with Gasteiger partial charge in [0.1, 0.15) is 10.8 Å². The van der Waals surface area contributed by atoms with E-state index in [1.54, 1.807) is 25.3 Å². The first-order valence-electron chi connectivity index (χ1n) is 8.26. The van der Waals surface area contributed by atoms with Gasteiger partial charge in [0.05, 0.1) is 12.7 Å². The van der Waals surface area contributed by atoms with Crippen molar-refractivity contribution in [2.75, 3.05) is 7.11 Å². The van der Waals surface area contributed by atoms with Gasteiger partial charge >= 0.3 is 0 Å². The highest BCUT2D eigenvalue weighted by Crippen LogP contribution is 2.31. The molecule has 2 aromatic rings. The summed E-state index contributed by atoms with van der Waals surface area (Å²) in [6, 6.07) is 15.2. The Bertz CT molecular complexity index is 1020. The largest absolute Gasteiger partial charge is 0.497 e. The van der Waals surface area contributed by atoms with Crippen molar-refractivity contribution in [2.45, 2.75) is 6.92 Å². The van der Waals surface area contributed by atoms with Gasteiger partial charge in [-0.3, -0.25) is 10.2 Å². The number of hydrogen-bond donors (Lipinski definition) is 1. The molecule has 0 aliphatic carbocycles. The lowest BCUT2D eigenvalue weighted by molar-refractivity contribution is -0.114.